The van der Waals surface area contributed by atoms with Crippen LogP contribution in [-0.4, -0.2) is 41.4 Å². The molecule has 1 fully saturated rings. The van der Waals surface area contributed by atoms with Crippen molar-refractivity contribution in [3.8, 4) is 0 Å². The van der Waals surface area contributed by atoms with E-state index < -0.39 is 5.97 Å². The average molecular weight is 392 g/mol. The van der Waals surface area contributed by atoms with Gasteiger partial charge in [0.05, 0.1) is 11.8 Å². The smallest absolute Gasteiger partial charge is 0.307 e. The summed E-state index contributed by atoms with van der Waals surface area (Å²) in [5, 5.41) is 13.3. The van der Waals surface area contributed by atoms with Crippen LogP contribution in [0.5, 0.6) is 0 Å². The van der Waals surface area contributed by atoms with Gasteiger partial charge in [0.2, 0.25) is 0 Å². The van der Waals surface area contributed by atoms with Gasteiger partial charge in [-0.25, -0.2) is 0 Å². The standard InChI is InChI=1S/C20H25NO3S2/c1-13-6-10-25-18(13)17(19-14(2)7-11-26-19)16(22)5-9-21-8-3-4-15(12-21)20(23)24/h6-7,10-11,15,17H,3-5,8-9,12H2,1-2H3,(H,23,24)/t15-/m1/s1. The number of piperidine rings is 1. The third kappa shape index (κ3) is 4.24. The molecule has 0 amide bonds. The van der Waals surface area contributed by atoms with Gasteiger partial charge in [0, 0.05) is 29.3 Å². The average Bonchev–Trinajstić information content (AvgIpc) is 3.23. The normalized spacial score (nSPS) is 18.3. The highest BCUT2D eigenvalue weighted by molar-refractivity contribution is 7.12. The van der Waals surface area contributed by atoms with Gasteiger partial charge in [-0.2, -0.15) is 0 Å². The molecule has 140 valence electrons. The second-order valence-electron chi connectivity index (χ2n) is 7.06. The van der Waals surface area contributed by atoms with Crippen molar-refractivity contribution in [2.24, 2.45) is 5.92 Å². The van der Waals surface area contributed by atoms with E-state index >= 15 is 0 Å². The third-order valence-corrected chi connectivity index (χ3v) is 7.35. The summed E-state index contributed by atoms with van der Waals surface area (Å²) in [7, 11) is 0. The summed E-state index contributed by atoms with van der Waals surface area (Å²) in [6.07, 6.45) is 2.10. The van der Waals surface area contributed by atoms with Crippen LogP contribution in [0, 0.1) is 19.8 Å². The molecule has 2 aromatic heterocycles. The van der Waals surface area contributed by atoms with E-state index in [0.717, 1.165) is 29.1 Å². The number of carboxylic acids is 1. The molecule has 0 aromatic carbocycles. The minimum absolute atomic E-state index is 0.185. The number of aryl methyl sites for hydroxylation is 2. The molecule has 1 N–H and O–H groups in total. The summed E-state index contributed by atoms with van der Waals surface area (Å²) in [5.74, 6) is -0.968. The summed E-state index contributed by atoms with van der Waals surface area (Å²) >= 11 is 3.31. The van der Waals surface area contributed by atoms with Crippen LogP contribution in [0.1, 0.15) is 46.1 Å². The Morgan fingerprint density at radius 3 is 2.31 bits per heavy atom. The number of ketones is 1. The molecular formula is C20H25NO3S2. The third-order valence-electron chi connectivity index (χ3n) is 5.18. The molecule has 0 aliphatic carbocycles. The summed E-state index contributed by atoms with van der Waals surface area (Å²) < 4.78 is 0. The summed E-state index contributed by atoms with van der Waals surface area (Å²) in [5.41, 5.74) is 2.34. The van der Waals surface area contributed by atoms with E-state index in [1.807, 2.05) is 0 Å². The lowest BCUT2D eigenvalue weighted by molar-refractivity contribution is -0.143. The summed E-state index contributed by atoms with van der Waals surface area (Å²) in [6, 6.07) is 4.15. The van der Waals surface area contributed by atoms with Gasteiger partial charge in [-0.3, -0.25) is 9.59 Å². The van der Waals surface area contributed by atoms with Crippen molar-refractivity contribution in [2.45, 2.75) is 39.0 Å². The van der Waals surface area contributed by atoms with Crippen molar-refractivity contribution >= 4 is 34.4 Å². The highest BCUT2D eigenvalue weighted by atomic mass is 32.1. The number of Topliss-reactive ketones (excluding diaryl/α,β-unsaturated/α-hetero) is 1. The van der Waals surface area contributed by atoms with Crippen molar-refractivity contribution in [3.63, 3.8) is 0 Å². The van der Waals surface area contributed by atoms with E-state index in [1.165, 1.54) is 11.1 Å². The molecule has 2 aromatic rings. The van der Waals surface area contributed by atoms with Gasteiger partial charge in [0.25, 0.3) is 0 Å². The molecule has 0 unspecified atom stereocenters. The molecule has 3 heterocycles. The first kappa shape index (κ1) is 19.3. The van der Waals surface area contributed by atoms with Crippen molar-refractivity contribution in [1.29, 1.82) is 0 Å². The SMILES string of the molecule is Cc1ccsc1C(C(=O)CCN1CCC[C@@H](C(=O)O)C1)c1sccc1C. The molecule has 3 rings (SSSR count). The van der Waals surface area contributed by atoms with Gasteiger partial charge in [-0.1, -0.05) is 0 Å². The number of carbonyl (C=O) groups excluding carboxylic acids is 1. The molecule has 4 nitrogen and oxygen atoms in total. The number of carbonyl (C=O) groups is 2. The zero-order valence-electron chi connectivity index (χ0n) is 15.2. The first-order valence-electron chi connectivity index (χ1n) is 9.03. The van der Waals surface area contributed by atoms with Crippen LogP contribution in [0.15, 0.2) is 22.9 Å². The van der Waals surface area contributed by atoms with E-state index in [0.29, 0.717) is 19.5 Å². The van der Waals surface area contributed by atoms with E-state index in [9.17, 15) is 14.7 Å². The van der Waals surface area contributed by atoms with Crippen LogP contribution in [0.3, 0.4) is 0 Å². The van der Waals surface area contributed by atoms with Crippen LogP contribution in [0.25, 0.3) is 0 Å². The molecule has 1 saturated heterocycles. The maximum atomic E-state index is 13.2. The Morgan fingerprint density at radius 1 is 1.19 bits per heavy atom. The lowest BCUT2D eigenvalue weighted by Gasteiger charge is -2.30. The molecule has 0 radical (unpaired) electrons. The molecule has 6 heteroatoms. The molecular weight excluding hydrogens is 366 g/mol. The molecule has 0 spiro atoms. The van der Waals surface area contributed by atoms with Gasteiger partial charge in [0.1, 0.15) is 5.78 Å². The van der Waals surface area contributed by atoms with Crippen molar-refractivity contribution < 1.29 is 14.7 Å². The Kier molecular flexibility index (Phi) is 6.27. The maximum Gasteiger partial charge on any atom is 0.307 e. The van der Waals surface area contributed by atoms with E-state index in [1.54, 1.807) is 22.7 Å². The zero-order chi connectivity index (χ0) is 18.7. The number of aliphatic carboxylic acids is 1. The number of nitrogens with zero attached hydrogens (tertiary/aromatic N) is 1. The van der Waals surface area contributed by atoms with Crippen LogP contribution < -0.4 is 0 Å². The monoisotopic (exact) mass is 391 g/mol. The number of likely N-dealkylation sites (tertiary alicyclic amines) is 1. The number of carboxylic acid groups (broad SMARTS) is 1. The fraction of sp³-hybridized carbons (Fsp3) is 0.500. The molecule has 1 atom stereocenters. The summed E-state index contributed by atoms with van der Waals surface area (Å²) in [4.78, 5) is 28.8. The molecule has 1 aliphatic rings. The molecule has 26 heavy (non-hydrogen) atoms. The van der Waals surface area contributed by atoms with Crippen LogP contribution in [-0.2, 0) is 9.59 Å². The Balaban J connectivity index is 1.72. The molecule has 0 saturated carbocycles. The number of rotatable bonds is 7. The lowest BCUT2D eigenvalue weighted by Crippen LogP contribution is -2.39. The number of hydrogen-bond acceptors (Lipinski definition) is 5. The predicted molar refractivity (Wildman–Crippen MR) is 106 cm³/mol. The molecule has 1 aliphatic heterocycles. The predicted octanol–water partition coefficient (Wildman–Crippen LogP) is 4.31. The second kappa shape index (κ2) is 8.46. The topological polar surface area (TPSA) is 57.6 Å². The lowest BCUT2D eigenvalue weighted by atomic mass is 9.93. The van der Waals surface area contributed by atoms with Crippen LogP contribution in [0.2, 0.25) is 0 Å². The number of hydrogen-bond donors (Lipinski definition) is 1. The fourth-order valence-corrected chi connectivity index (χ4v) is 5.84. The zero-order valence-corrected chi connectivity index (χ0v) is 16.9. The fourth-order valence-electron chi connectivity index (χ4n) is 3.64. The minimum Gasteiger partial charge on any atom is -0.481 e. The van der Waals surface area contributed by atoms with Gasteiger partial charge in [-0.15, -0.1) is 22.7 Å². The van der Waals surface area contributed by atoms with E-state index in [-0.39, 0.29) is 17.6 Å². The first-order valence-corrected chi connectivity index (χ1v) is 10.8. The van der Waals surface area contributed by atoms with Crippen molar-refractivity contribution in [1.82, 2.24) is 4.90 Å². The summed E-state index contributed by atoms with van der Waals surface area (Å²) in [6.45, 7) is 6.23. The van der Waals surface area contributed by atoms with Gasteiger partial charge >= 0.3 is 5.97 Å². The van der Waals surface area contributed by atoms with Crippen molar-refractivity contribution in [2.75, 3.05) is 19.6 Å². The van der Waals surface area contributed by atoms with E-state index in [4.69, 9.17) is 0 Å². The maximum absolute atomic E-state index is 13.2. The highest BCUT2D eigenvalue weighted by Gasteiger charge is 2.29. The minimum atomic E-state index is -0.720. The second-order valence-corrected chi connectivity index (χ2v) is 8.96. The quantitative estimate of drug-likeness (QED) is 0.764. The number of thiophene rings is 2. The van der Waals surface area contributed by atoms with Crippen molar-refractivity contribution in [3.05, 3.63) is 43.8 Å². The largest absolute Gasteiger partial charge is 0.481 e. The Hall–Kier alpha value is -1.50. The van der Waals surface area contributed by atoms with Gasteiger partial charge < -0.3 is 10.0 Å². The Bertz CT molecular complexity index is 739. The van der Waals surface area contributed by atoms with Gasteiger partial charge in [0.15, 0.2) is 0 Å². The highest BCUT2D eigenvalue weighted by Crippen LogP contribution is 2.37. The van der Waals surface area contributed by atoms with Crippen LogP contribution in [0.4, 0.5) is 0 Å². The van der Waals surface area contributed by atoms with Crippen LogP contribution >= 0.6 is 22.7 Å². The Labute approximate surface area is 162 Å². The first-order chi connectivity index (χ1) is 12.5. The van der Waals surface area contributed by atoms with E-state index in [2.05, 4.69) is 41.6 Å². The molecule has 0 bridgehead atoms. The van der Waals surface area contributed by atoms with Gasteiger partial charge in [-0.05, 0) is 67.3 Å². The Morgan fingerprint density at radius 2 is 1.81 bits per heavy atom.